The first kappa shape index (κ1) is 25.4. The number of benzene rings is 1. The molecule has 1 saturated heterocycles. The van der Waals surface area contributed by atoms with Gasteiger partial charge in [-0.05, 0) is 37.3 Å². The van der Waals surface area contributed by atoms with Gasteiger partial charge in [-0.3, -0.25) is 9.59 Å². The van der Waals surface area contributed by atoms with E-state index in [1.54, 1.807) is 42.9 Å². The molecule has 2 aromatic rings. The zero-order valence-electron chi connectivity index (χ0n) is 19.7. The SMILES string of the molecule is COCCCNC(=O)c1csc(C(=O)N(C)Cc2ccccc2C#N)c1N=CN1CCCCC1. The Hall–Kier alpha value is -3.22. The molecule has 0 aliphatic carbocycles. The number of likely N-dealkylation sites (tertiary alicyclic amines) is 1. The number of thiophene rings is 1. The molecule has 1 fully saturated rings. The number of hydrogen-bond donors (Lipinski definition) is 1. The van der Waals surface area contributed by atoms with Crippen molar-refractivity contribution in [2.75, 3.05) is 40.4 Å². The minimum atomic E-state index is -0.255. The van der Waals surface area contributed by atoms with Gasteiger partial charge in [0.25, 0.3) is 11.8 Å². The van der Waals surface area contributed by atoms with Gasteiger partial charge in [0.2, 0.25) is 0 Å². The monoisotopic (exact) mass is 481 g/mol. The average molecular weight is 482 g/mol. The van der Waals surface area contributed by atoms with E-state index in [4.69, 9.17) is 4.74 Å². The summed E-state index contributed by atoms with van der Waals surface area (Å²) in [4.78, 5) is 35.0. The summed E-state index contributed by atoms with van der Waals surface area (Å²) < 4.78 is 5.04. The number of hydrogen-bond acceptors (Lipinski definition) is 6. The Bertz CT molecular complexity index is 1050. The first-order valence-corrected chi connectivity index (χ1v) is 12.3. The zero-order chi connectivity index (χ0) is 24.3. The Labute approximate surface area is 204 Å². The first-order chi connectivity index (χ1) is 16.5. The summed E-state index contributed by atoms with van der Waals surface area (Å²) in [6, 6.07) is 9.39. The van der Waals surface area contributed by atoms with Crippen LogP contribution in [0.2, 0.25) is 0 Å². The Balaban J connectivity index is 1.83. The van der Waals surface area contributed by atoms with Crippen molar-refractivity contribution in [3.63, 3.8) is 0 Å². The fraction of sp³-hybridized carbons (Fsp3) is 0.440. The Morgan fingerprint density at radius 1 is 1.29 bits per heavy atom. The van der Waals surface area contributed by atoms with Crippen molar-refractivity contribution in [1.82, 2.24) is 15.1 Å². The summed E-state index contributed by atoms with van der Waals surface area (Å²) in [5.41, 5.74) is 2.09. The molecule has 9 heteroatoms. The number of nitrogens with zero attached hydrogens (tertiary/aromatic N) is 4. The largest absolute Gasteiger partial charge is 0.385 e. The molecule has 8 nitrogen and oxygen atoms in total. The molecular weight excluding hydrogens is 450 g/mol. The van der Waals surface area contributed by atoms with Crippen LogP contribution < -0.4 is 5.32 Å². The van der Waals surface area contributed by atoms with E-state index in [0.717, 1.165) is 31.5 Å². The highest BCUT2D eigenvalue weighted by atomic mass is 32.1. The van der Waals surface area contributed by atoms with Crippen molar-refractivity contribution < 1.29 is 14.3 Å². The fourth-order valence-corrected chi connectivity index (χ4v) is 4.73. The van der Waals surface area contributed by atoms with Crippen LogP contribution in [0.4, 0.5) is 5.69 Å². The van der Waals surface area contributed by atoms with Gasteiger partial charge in [-0.25, -0.2) is 4.99 Å². The van der Waals surface area contributed by atoms with E-state index in [0.29, 0.717) is 41.3 Å². The van der Waals surface area contributed by atoms with Gasteiger partial charge in [0.1, 0.15) is 10.6 Å². The van der Waals surface area contributed by atoms with Crippen LogP contribution in [-0.4, -0.2) is 68.4 Å². The lowest BCUT2D eigenvalue weighted by Gasteiger charge is -2.24. The number of ether oxygens (including phenoxy) is 1. The van der Waals surface area contributed by atoms with Crippen molar-refractivity contribution in [3.05, 3.63) is 51.2 Å². The van der Waals surface area contributed by atoms with Crippen molar-refractivity contribution in [2.45, 2.75) is 32.2 Å². The molecule has 180 valence electrons. The lowest BCUT2D eigenvalue weighted by molar-refractivity contribution is 0.0790. The molecule has 0 spiro atoms. The molecule has 2 heterocycles. The summed E-state index contributed by atoms with van der Waals surface area (Å²) in [6.07, 6.45) is 5.87. The predicted octanol–water partition coefficient (Wildman–Crippen LogP) is 3.80. The van der Waals surface area contributed by atoms with Gasteiger partial charge >= 0.3 is 0 Å². The predicted molar refractivity (Wildman–Crippen MR) is 134 cm³/mol. The Kier molecular flexibility index (Phi) is 9.62. The van der Waals surface area contributed by atoms with Gasteiger partial charge in [-0.2, -0.15) is 5.26 Å². The lowest BCUT2D eigenvalue weighted by atomic mass is 10.1. The number of nitrogens with one attached hydrogen (secondary N) is 1. The van der Waals surface area contributed by atoms with Crippen LogP contribution in [0.3, 0.4) is 0 Å². The number of carbonyl (C=O) groups is 2. The number of aliphatic imine (C=N–C) groups is 1. The molecule has 34 heavy (non-hydrogen) atoms. The van der Waals surface area contributed by atoms with Crippen LogP contribution in [0.1, 0.15) is 56.8 Å². The zero-order valence-corrected chi connectivity index (χ0v) is 20.6. The van der Waals surface area contributed by atoms with Crippen molar-refractivity contribution in [3.8, 4) is 6.07 Å². The highest BCUT2D eigenvalue weighted by Gasteiger charge is 2.25. The second kappa shape index (κ2) is 12.9. The molecule has 0 saturated carbocycles. The van der Waals surface area contributed by atoms with Gasteiger partial charge in [0, 0.05) is 52.3 Å². The topological polar surface area (TPSA) is 98.0 Å². The Morgan fingerprint density at radius 2 is 2.06 bits per heavy atom. The van der Waals surface area contributed by atoms with E-state index in [-0.39, 0.29) is 18.4 Å². The summed E-state index contributed by atoms with van der Waals surface area (Å²) in [7, 11) is 3.32. The third-order valence-electron chi connectivity index (χ3n) is 5.65. The van der Waals surface area contributed by atoms with E-state index < -0.39 is 0 Å². The Morgan fingerprint density at radius 3 is 2.79 bits per heavy atom. The van der Waals surface area contributed by atoms with Crippen molar-refractivity contribution in [1.29, 1.82) is 5.26 Å². The minimum Gasteiger partial charge on any atom is -0.385 e. The van der Waals surface area contributed by atoms with Crippen LogP contribution in [0.5, 0.6) is 0 Å². The molecule has 2 amide bonds. The molecule has 1 aromatic heterocycles. The van der Waals surface area contributed by atoms with E-state index in [2.05, 4.69) is 21.3 Å². The number of carbonyl (C=O) groups excluding carboxylic acids is 2. The third kappa shape index (κ3) is 6.65. The number of rotatable bonds is 10. The maximum atomic E-state index is 13.4. The molecule has 0 unspecified atom stereocenters. The van der Waals surface area contributed by atoms with Crippen LogP contribution in [0.25, 0.3) is 0 Å². The van der Waals surface area contributed by atoms with E-state index in [1.807, 2.05) is 12.1 Å². The van der Waals surface area contributed by atoms with Gasteiger partial charge in [-0.15, -0.1) is 11.3 Å². The molecule has 0 radical (unpaired) electrons. The van der Waals surface area contributed by atoms with Gasteiger partial charge in [-0.1, -0.05) is 18.2 Å². The molecule has 1 aliphatic rings. The fourth-order valence-electron chi connectivity index (χ4n) is 3.75. The second-order valence-electron chi connectivity index (χ2n) is 8.20. The van der Waals surface area contributed by atoms with Crippen molar-refractivity contribution in [2.24, 2.45) is 4.99 Å². The smallest absolute Gasteiger partial charge is 0.266 e. The molecule has 0 atom stereocenters. The van der Waals surface area contributed by atoms with Gasteiger partial charge < -0.3 is 19.9 Å². The molecular formula is C25H31N5O3S. The summed E-state index contributed by atoms with van der Waals surface area (Å²) in [5.74, 6) is -0.489. The van der Waals surface area contributed by atoms with E-state index >= 15 is 0 Å². The summed E-state index contributed by atoms with van der Waals surface area (Å²) in [6.45, 7) is 3.16. The average Bonchev–Trinajstić information content (AvgIpc) is 3.29. The summed E-state index contributed by atoms with van der Waals surface area (Å²) >= 11 is 1.22. The number of amides is 2. The minimum absolute atomic E-state index is 0.234. The normalized spacial score (nSPS) is 13.6. The molecule has 3 rings (SSSR count). The maximum absolute atomic E-state index is 13.4. The molecule has 0 bridgehead atoms. The molecule has 1 N–H and O–H groups in total. The van der Waals surface area contributed by atoms with Crippen molar-refractivity contribution >= 4 is 35.2 Å². The maximum Gasteiger partial charge on any atom is 0.266 e. The quantitative estimate of drug-likeness (QED) is 0.316. The van der Waals surface area contributed by atoms with Crippen LogP contribution in [-0.2, 0) is 11.3 Å². The highest BCUT2D eigenvalue weighted by Crippen LogP contribution is 2.32. The lowest BCUT2D eigenvalue weighted by Crippen LogP contribution is -2.29. The van der Waals surface area contributed by atoms with Crippen LogP contribution in [0.15, 0.2) is 34.6 Å². The standard InChI is InChI=1S/C25H31N5O3S/c1-29(16-20-10-5-4-9-19(20)15-26)25(32)23-22(28-18-30-12-6-3-7-13-30)21(17-34-23)24(31)27-11-8-14-33-2/h4-5,9-10,17-18H,3,6-8,11-14,16H2,1-2H3,(H,27,31). The second-order valence-corrected chi connectivity index (χ2v) is 9.08. The number of piperidine rings is 1. The van der Waals surface area contributed by atoms with Crippen LogP contribution >= 0.6 is 11.3 Å². The molecule has 1 aromatic carbocycles. The number of nitriles is 1. The van der Waals surface area contributed by atoms with Gasteiger partial charge in [0.05, 0.1) is 23.5 Å². The van der Waals surface area contributed by atoms with Crippen LogP contribution in [0, 0.1) is 11.3 Å². The third-order valence-corrected chi connectivity index (χ3v) is 6.60. The van der Waals surface area contributed by atoms with E-state index in [1.165, 1.54) is 17.8 Å². The van der Waals surface area contributed by atoms with E-state index in [9.17, 15) is 14.9 Å². The number of methoxy groups -OCH3 is 1. The first-order valence-electron chi connectivity index (χ1n) is 11.5. The van der Waals surface area contributed by atoms with Gasteiger partial charge in [0.15, 0.2) is 0 Å². The highest BCUT2D eigenvalue weighted by molar-refractivity contribution is 7.13. The summed E-state index contributed by atoms with van der Waals surface area (Å²) in [5, 5.41) is 13.9. The molecule has 1 aliphatic heterocycles.